The van der Waals surface area contributed by atoms with Crippen molar-refractivity contribution in [3.63, 3.8) is 0 Å². The second-order valence-electron chi connectivity index (χ2n) is 7.28. The molecule has 1 saturated heterocycles. The summed E-state index contributed by atoms with van der Waals surface area (Å²) in [5, 5.41) is 3.24. The number of carbonyl (C=O) groups is 2. The Bertz CT molecular complexity index is 506. The number of hydrazine groups is 1. The van der Waals surface area contributed by atoms with Gasteiger partial charge in [-0.2, -0.15) is 0 Å². The fourth-order valence-electron chi connectivity index (χ4n) is 7.00. The Morgan fingerprint density at radius 2 is 1.27 bits per heavy atom. The number of nitrogens with zero attached hydrogens (tertiary/aromatic N) is 2. The van der Waals surface area contributed by atoms with Crippen molar-refractivity contribution in [2.24, 2.45) is 35.5 Å². The van der Waals surface area contributed by atoms with Crippen molar-refractivity contribution < 1.29 is 19.1 Å². The number of carbonyl (C=O) groups excluding carboxylic acids is 2. The maximum absolute atomic E-state index is 12.5. The summed E-state index contributed by atoms with van der Waals surface area (Å²) in [7, 11) is 0. The van der Waals surface area contributed by atoms with Gasteiger partial charge in [-0.3, -0.25) is 0 Å². The van der Waals surface area contributed by atoms with Gasteiger partial charge < -0.3 is 9.47 Å². The molecule has 0 aromatic heterocycles. The molecule has 120 valence electrons. The van der Waals surface area contributed by atoms with Crippen LogP contribution in [0.25, 0.3) is 0 Å². The molecule has 2 unspecified atom stereocenters. The van der Waals surface area contributed by atoms with Gasteiger partial charge in [0.25, 0.3) is 0 Å². The first kappa shape index (κ1) is 13.0. The molecule has 6 rings (SSSR count). The lowest BCUT2D eigenvalue weighted by Crippen LogP contribution is -2.59. The highest BCUT2D eigenvalue weighted by molar-refractivity contribution is 5.77. The van der Waals surface area contributed by atoms with Crippen molar-refractivity contribution >= 4 is 12.2 Å². The van der Waals surface area contributed by atoms with E-state index in [4.69, 9.17) is 9.47 Å². The predicted molar refractivity (Wildman–Crippen MR) is 75.5 cm³/mol. The van der Waals surface area contributed by atoms with E-state index in [1.165, 1.54) is 12.8 Å². The van der Waals surface area contributed by atoms with Gasteiger partial charge in [-0.25, -0.2) is 19.6 Å². The molecule has 8 atom stereocenters. The van der Waals surface area contributed by atoms with Gasteiger partial charge in [0.05, 0.1) is 25.3 Å². The quantitative estimate of drug-likeness (QED) is 0.784. The third-order valence-corrected chi connectivity index (χ3v) is 6.98. The fraction of sp³-hybridized carbons (Fsp3) is 0.875. The van der Waals surface area contributed by atoms with E-state index in [1.807, 2.05) is 0 Å². The van der Waals surface area contributed by atoms with Gasteiger partial charge in [-0.1, -0.05) is 0 Å². The molecule has 1 heterocycles. The molecule has 0 spiro atoms. The van der Waals surface area contributed by atoms with Crippen molar-refractivity contribution in [3.05, 3.63) is 0 Å². The third-order valence-electron chi connectivity index (χ3n) is 6.98. The smallest absolute Gasteiger partial charge is 0.429 e. The average Bonchev–Trinajstić information content (AvgIpc) is 3.27. The van der Waals surface area contributed by atoms with Crippen LogP contribution < -0.4 is 0 Å². The number of rotatable bonds is 2. The van der Waals surface area contributed by atoms with Crippen LogP contribution >= 0.6 is 0 Å². The zero-order valence-electron chi connectivity index (χ0n) is 13.0. The molecule has 6 heteroatoms. The summed E-state index contributed by atoms with van der Waals surface area (Å²) in [6.45, 7) is 4.26. The standard InChI is InChI=1S/C16H22N2O4/c1-3-21-15(19)17-13-10-7-5-6-8-9(7)12(13)14(11(8)10)18(17)16(20)22-4-2/h7-14H,3-6H2,1-2H3/t7-,8-,9?,10-,11+,12?,13+,14-/m1/s1. The van der Waals surface area contributed by atoms with Crippen molar-refractivity contribution in [2.45, 2.75) is 38.8 Å². The summed E-state index contributed by atoms with van der Waals surface area (Å²) in [4.78, 5) is 24.9. The zero-order valence-corrected chi connectivity index (χ0v) is 13.0. The Hall–Kier alpha value is -1.46. The van der Waals surface area contributed by atoms with Crippen LogP contribution in [0, 0.1) is 35.5 Å². The van der Waals surface area contributed by atoms with Gasteiger partial charge in [0.15, 0.2) is 0 Å². The van der Waals surface area contributed by atoms with Crippen LogP contribution in [0.2, 0.25) is 0 Å². The molecule has 6 fully saturated rings. The molecule has 0 radical (unpaired) electrons. The van der Waals surface area contributed by atoms with E-state index in [-0.39, 0.29) is 24.3 Å². The number of ether oxygens (including phenoxy) is 2. The molecule has 5 saturated carbocycles. The summed E-state index contributed by atoms with van der Waals surface area (Å²) in [6.07, 6.45) is 1.86. The van der Waals surface area contributed by atoms with Crippen molar-refractivity contribution in [2.75, 3.05) is 13.2 Å². The van der Waals surface area contributed by atoms with E-state index >= 15 is 0 Å². The lowest BCUT2D eigenvalue weighted by atomic mass is 9.78. The van der Waals surface area contributed by atoms with E-state index in [1.54, 1.807) is 23.9 Å². The highest BCUT2D eigenvalue weighted by Crippen LogP contribution is 2.78. The first-order chi connectivity index (χ1) is 10.7. The molecule has 6 aliphatic rings. The molecule has 0 N–H and O–H groups in total. The Kier molecular flexibility index (Phi) is 2.42. The minimum Gasteiger partial charge on any atom is -0.448 e. The minimum absolute atomic E-state index is 0.171. The number of amides is 2. The molecule has 1 aliphatic heterocycles. The highest BCUT2D eigenvalue weighted by Gasteiger charge is 2.83. The normalized spacial score (nSPS) is 48.6. The van der Waals surface area contributed by atoms with Gasteiger partial charge in [-0.15, -0.1) is 0 Å². The Morgan fingerprint density at radius 1 is 0.818 bits per heavy atom. The van der Waals surface area contributed by atoms with E-state index in [0.717, 1.165) is 17.8 Å². The van der Waals surface area contributed by atoms with Crippen LogP contribution in [0.3, 0.4) is 0 Å². The Balaban J connectivity index is 1.52. The molecular weight excluding hydrogens is 284 g/mol. The highest BCUT2D eigenvalue weighted by atomic mass is 16.6. The molecule has 2 amide bonds. The van der Waals surface area contributed by atoms with E-state index < -0.39 is 0 Å². The van der Waals surface area contributed by atoms with Gasteiger partial charge in [0.1, 0.15) is 0 Å². The van der Waals surface area contributed by atoms with Gasteiger partial charge in [0, 0.05) is 5.92 Å². The van der Waals surface area contributed by atoms with Gasteiger partial charge in [0.2, 0.25) is 0 Å². The van der Waals surface area contributed by atoms with Crippen LogP contribution in [0.15, 0.2) is 0 Å². The van der Waals surface area contributed by atoms with Gasteiger partial charge in [-0.05, 0) is 56.3 Å². The molecule has 0 aromatic rings. The van der Waals surface area contributed by atoms with E-state index in [2.05, 4.69) is 0 Å². The lowest BCUT2D eigenvalue weighted by molar-refractivity contribution is -0.0827. The minimum atomic E-state index is -0.380. The summed E-state index contributed by atoms with van der Waals surface area (Å²) in [5.74, 6) is 3.93. The molecule has 6 nitrogen and oxygen atoms in total. The lowest BCUT2D eigenvalue weighted by Gasteiger charge is -2.45. The molecule has 5 aliphatic carbocycles. The largest absolute Gasteiger partial charge is 0.448 e. The van der Waals surface area contributed by atoms with Crippen LogP contribution in [-0.4, -0.2) is 47.5 Å². The molecule has 0 aromatic carbocycles. The second kappa shape index (κ2) is 4.09. The molecular formula is C16H22N2O4. The SMILES string of the molecule is CCOC(=O)N1[C@@H]2C3C4[C@H]5CC[C@H]4[C@@H]2[C@H]5[C@H]3N1C(=O)OCC. The summed E-state index contributed by atoms with van der Waals surface area (Å²) in [5.41, 5.74) is 0. The maximum atomic E-state index is 12.5. The van der Waals surface area contributed by atoms with E-state index in [0.29, 0.717) is 31.0 Å². The fourth-order valence-corrected chi connectivity index (χ4v) is 7.00. The zero-order chi connectivity index (χ0) is 15.2. The van der Waals surface area contributed by atoms with E-state index in [9.17, 15) is 9.59 Å². The second-order valence-corrected chi connectivity index (χ2v) is 7.28. The van der Waals surface area contributed by atoms with Crippen LogP contribution in [0.1, 0.15) is 26.7 Å². The Morgan fingerprint density at radius 3 is 1.68 bits per heavy atom. The monoisotopic (exact) mass is 306 g/mol. The maximum Gasteiger partial charge on any atom is 0.429 e. The summed E-state index contributed by atoms with van der Waals surface area (Å²) in [6, 6.07) is 0.343. The van der Waals surface area contributed by atoms with Crippen LogP contribution in [0.5, 0.6) is 0 Å². The van der Waals surface area contributed by atoms with Crippen LogP contribution in [-0.2, 0) is 9.47 Å². The summed E-state index contributed by atoms with van der Waals surface area (Å²) >= 11 is 0. The molecule has 8 bridgehead atoms. The topological polar surface area (TPSA) is 59.1 Å². The first-order valence-corrected chi connectivity index (χ1v) is 8.62. The van der Waals surface area contributed by atoms with Crippen molar-refractivity contribution in [1.29, 1.82) is 0 Å². The number of hydrogen-bond acceptors (Lipinski definition) is 4. The van der Waals surface area contributed by atoms with Crippen molar-refractivity contribution in [1.82, 2.24) is 10.0 Å². The van der Waals surface area contributed by atoms with Crippen molar-refractivity contribution in [3.8, 4) is 0 Å². The number of hydrogen-bond donors (Lipinski definition) is 0. The third kappa shape index (κ3) is 1.18. The summed E-state index contributed by atoms with van der Waals surface area (Å²) < 4.78 is 10.5. The first-order valence-electron chi connectivity index (χ1n) is 8.62. The Labute approximate surface area is 129 Å². The molecule has 22 heavy (non-hydrogen) atoms. The van der Waals surface area contributed by atoms with Crippen LogP contribution in [0.4, 0.5) is 9.59 Å². The average molecular weight is 306 g/mol. The predicted octanol–water partition coefficient (Wildman–Crippen LogP) is 2.10. The van der Waals surface area contributed by atoms with Gasteiger partial charge >= 0.3 is 12.2 Å².